The highest BCUT2D eigenvalue weighted by molar-refractivity contribution is 14.1. The number of amides is 1. The maximum atomic E-state index is 11.7. The molecule has 2 nitrogen and oxygen atoms in total. The minimum atomic E-state index is -0.213. The van der Waals surface area contributed by atoms with Crippen molar-refractivity contribution in [2.45, 2.75) is 6.42 Å². The summed E-state index contributed by atoms with van der Waals surface area (Å²) in [6.45, 7) is 0.642. The zero-order valence-electron chi connectivity index (χ0n) is 7.90. The molecule has 1 amide bonds. The number of carbonyl (C=O) groups is 1. The fourth-order valence-electron chi connectivity index (χ4n) is 1.07. The number of rotatable bonds is 4. The van der Waals surface area contributed by atoms with Gasteiger partial charge in [-0.3, -0.25) is 4.79 Å². The molecule has 1 rings (SSSR count). The summed E-state index contributed by atoms with van der Waals surface area (Å²) >= 11 is 14.0. The molecule has 0 aliphatic rings. The summed E-state index contributed by atoms with van der Waals surface area (Å²) < 4.78 is 1.01. The molecular formula is C10H10Cl2INO. The Balaban J connectivity index is 2.73. The van der Waals surface area contributed by atoms with Crippen LogP contribution in [0.15, 0.2) is 18.2 Å². The number of alkyl halides is 1. The van der Waals surface area contributed by atoms with Crippen LogP contribution in [0, 0.1) is 0 Å². The highest BCUT2D eigenvalue weighted by atomic mass is 127. The lowest BCUT2D eigenvalue weighted by molar-refractivity contribution is 0.0954. The average molecular weight is 358 g/mol. The summed E-state index contributed by atoms with van der Waals surface area (Å²) in [5.41, 5.74) is 0.356. The van der Waals surface area contributed by atoms with Crippen LogP contribution < -0.4 is 5.32 Å². The first-order valence-electron chi connectivity index (χ1n) is 4.45. The monoisotopic (exact) mass is 357 g/mol. The van der Waals surface area contributed by atoms with Gasteiger partial charge in [-0.05, 0) is 18.6 Å². The van der Waals surface area contributed by atoms with Crippen molar-refractivity contribution in [2.24, 2.45) is 0 Å². The average Bonchev–Trinajstić information content (AvgIpc) is 2.18. The van der Waals surface area contributed by atoms with Gasteiger partial charge in [0.05, 0.1) is 15.6 Å². The fraction of sp³-hybridized carbons (Fsp3) is 0.300. The second-order valence-electron chi connectivity index (χ2n) is 2.90. The Hall–Kier alpha value is -0.000000000000000111. The summed E-state index contributed by atoms with van der Waals surface area (Å²) in [5, 5.41) is 3.54. The van der Waals surface area contributed by atoms with Crippen LogP contribution in [0.4, 0.5) is 0 Å². The molecule has 0 unspecified atom stereocenters. The number of benzene rings is 1. The second kappa shape index (κ2) is 6.55. The van der Waals surface area contributed by atoms with Crippen molar-refractivity contribution in [3.05, 3.63) is 33.8 Å². The van der Waals surface area contributed by atoms with E-state index in [-0.39, 0.29) is 5.91 Å². The van der Waals surface area contributed by atoms with Gasteiger partial charge in [0.25, 0.3) is 5.91 Å². The van der Waals surface area contributed by atoms with Crippen LogP contribution in [0.3, 0.4) is 0 Å². The number of hydrogen-bond acceptors (Lipinski definition) is 1. The van der Waals surface area contributed by atoms with E-state index in [4.69, 9.17) is 23.2 Å². The summed E-state index contributed by atoms with van der Waals surface area (Å²) in [7, 11) is 0. The molecule has 82 valence electrons. The molecule has 0 fully saturated rings. The van der Waals surface area contributed by atoms with Gasteiger partial charge in [-0.25, -0.2) is 0 Å². The van der Waals surface area contributed by atoms with Crippen molar-refractivity contribution in [1.82, 2.24) is 5.32 Å². The van der Waals surface area contributed by atoms with E-state index in [0.29, 0.717) is 22.2 Å². The number of carbonyl (C=O) groups excluding carboxylic acids is 1. The fourth-order valence-corrected chi connectivity index (χ4v) is 2.02. The van der Waals surface area contributed by atoms with Gasteiger partial charge in [-0.1, -0.05) is 51.9 Å². The molecule has 0 saturated carbocycles. The van der Waals surface area contributed by atoms with E-state index in [1.807, 2.05) is 0 Å². The van der Waals surface area contributed by atoms with Crippen LogP contribution in [0.1, 0.15) is 16.8 Å². The Kier molecular flexibility index (Phi) is 5.71. The van der Waals surface area contributed by atoms with Crippen LogP contribution in [0.25, 0.3) is 0 Å². The van der Waals surface area contributed by atoms with Crippen molar-refractivity contribution in [2.75, 3.05) is 11.0 Å². The molecule has 5 heteroatoms. The predicted molar refractivity (Wildman–Crippen MR) is 72.3 cm³/mol. The third-order valence-electron chi connectivity index (χ3n) is 1.79. The van der Waals surface area contributed by atoms with Crippen LogP contribution in [-0.2, 0) is 0 Å². The van der Waals surface area contributed by atoms with Crippen molar-refractivity contribution < 1.29 is 4.79 Å². The molecule has 0 radical (unpaired) electrons. The van der Waals surface area contributed by atoms with E-state index in [1.54, 1.807) is 18.2 Å². The Bertz CT molecular complexity index is 337. The van der Waals surface area contributed by atoms with Crippen molar-refractivity contribution in [3.8, 4) is 0 Å². The summed E-state index contributed by atoms with van der Waals surface area (Å²) in [6, 6.07) is 5.02. The molecule has 0 aliphatic carbocycles. The Morgan fingerprint density at radius 1 is 1.33 bits per heavy atom. The number of hydrogen-bond donors (Lipinski definition) is 1. The van der Waals surface area contributed by atoms with Crippen LogP contribution in [-0.4, -0.2) is 16.9 Å². The highest BCUT2D eigenvalue weighted by Crippen LogP contribution is 2.23. The summed E-state index contributed by atoms with van der Waals surface area (Å²) in [5.74, 6) is -0.213. The van der Waals surface area contributed by atoms with E-state index >= 15 is 0 Å². The quantitative estimate of drug-likeness (QED) is 0.498. The summed E-state index contributed by atoms with van der Waals surface area (Å²) in [4.78, 5) is 11.7. The Morgan fingerprint density at radius 3 is 2.47 bits per heavy atom. The van der Waals surface area contributed by atoms with Gasteiger partial charge in [-0.2, -0.15) is 0 Å². The molecule has 15 heavy (non-hydrogen) atoms. The van der Waals surface area contributed by atoms with Crippen LogP contribution in [0.5, 0.6) is 0 Å². The Morgan fingerprint density at radius 2 is 1.93 bits per heavy atom. The minimum absolute atomic E-state index is 0.213. The predicted octanol–water partition coefficient (Wildman–Crippen LogP) is 3.55. The SMILES string of the molecule is O=C(NCCCI)c1c(Cl)cccc1Cl. The molecule has 1 aromatic rings. The van der Waals surface area contributed by atoms with Crippen molar-refractivity contribution in [3.63, 3.8) is 0 Å². The molecule has 0 aromatic heterocycles. The van der Waals surface area contributed by atoms with Gasteiger partial charge in [0.1, 0.15) is 0 Å². The molecule has 1 N–H and O–H groups in total. The van der Waals surface area contributed by atoms with E-state index in [0.717, 1.165) is 10.8 Å². The van der Waals surface area contributed by atoms with Gasteiger partial charge in [-0.15, -0.1) is 0 Å². The van der Waals surface area contributed by atoms with Crippen molar-refractivity contribution in [1.29, 1.82) is 0 Å². The van der Waals surface area contributed by atoms with Gasteiger partial charge < -0.3 is 5.32 Å². The Labute approximate surface area is 112 Å². The second-order valence-corrected chi connectivity index (χ2v) is 4.79. The topological polar surface area (TPSA) is 29.1 Å². The zero-order valence-corrected chi connectivity index (χ0v) is 11.6. The largest absolute Gasteiger partial charge is 0.352 e. The number of nitrogens with one attached hydrogen (secondary N) is 1. The standard InChI is InChI=1S/C10H10Cl2INO/c11-7-3-1-4-8(12)9(7)10(15)14-6-2-5-13/h1,3-4H,2,5-6H2,(H,14,15). The molecule has 0 atom stereocenters. The molecule has 0 spiro atoms. The van der Waals surface area contributed by atoms with Gasteiger partial charge in [0.15, 0.2) is 0 Å². The molecule has 1 aromatic carbocycles. The van der Waals surface area contributed by atoms with E-state index in [2.05, 4.69) is 27.9 Å². The lowest BCUT2D eigenvalue weighted by Crippen LogP contribution is -2.25. The van der Waals surface area contributed by atoms with E-state index < -0.39 is 0 Å². The third-order valence-corrected chi connectivity index (χ3v) is 3.18. The van der Waals surface area contributed by atoms with E-state index in [1.165, 1.54) is 0 Å². The first-order chi connectivity index (χ1) is 7.16. The third kappa shape index (κ3) is 3.81. The number of halogens is 3. The molecule has 0 bridgehead atoms. The highest BCUT2D eigenvalue weighted by Gasteiger charge is 2.13. The maximum absolute atomic E-state index is 11.7. The van der Waals surface area contributed by atoms with Gasteiger partial charge in [0.2, 0.25) is 0 Å². The molecule has 0 saturated heterocycles. The van der Waals surface area contributed by atoms with E-state index in [9.17, 15) is 4.79 Å². The van der Waals surface area contributed by atoms with Gasteiger partial charge >= 0.3 is 0 Å². The smallest absolute Gasteiger partial charge is 0.254 e. The first kappa shape index (κ1) is 13.1. The summed E-state index contributed by atoms with van der Waals surface area (Å²) in [6.07, 6.45) is 0.939. The first-order valence-corrected chi connectivity index (χ1v) is 6.73. The molecule has 0 heterocycles. The molecule has 0 aliphatic heterocycles. The van der Waals surface area contributed by atoms with Gasteiger partial charge in [0, 0.05) is 11.0 Å². The van der Waals surface area contributed by atoms with Crippen LogP contribution >= 0.6 is 45.8 Å². The zero-order chi connectivity index (χ0) is 11.3. The normalized spacial score (nSPS) is 10.1. The van der Waals surface area contributed by atoms with Crippen LogP contribution in [0.2, 0.25) is 10.0 Å². The minimum Gasteiger partial charge on any atom is -0.352 e. The lowest BCUT2D eigenvalue weighted by atomic mass is 10.2. The lowest BCUT2D eigenvalue weighted by Gasteiger charge is -2.07. The van der Waals surface area contributed by atoms with Crippen molar-refractivity contribution >= 4 is 51.7 Å². The maximum Gasteiger partial charge on any atom is 0.254 e. The molecular weight excluding hydrogens is 348 g/mol.